The van der Waals surface area contributed by atoms with Gasteiger partial charge in [0.15, 0.2) is 0 Å². The fourth-order valence-corrected chi connectivity index (χ4v) is 4.18. The van der Waals surface area contributed by atoms with E-state index >= 15 is 0 Å². The van der Waals surface area contributed by atoms with Crippen LogP contribution in [0.5, 0.6) is 0 Å². The maximum atomic E-state index is 13.0. The lowest BCUT2D eigenvalue weighted by Crippen LogP contribution is -2.36. The van der Waals surface area contributed by atoms with Crippen LogP contribution in [0.1, 0.15) is 41.0 Å². The summed E-state index contributed by atoms with van der Waals surface area (Å²) < 4.78 is 13.0. The molecule has 3 rings (SSSR count). The molecule has 1 heterocycles. The van der Waals surface area contributed by atoms with Crippen molar-refractivity contribution in [1.82, 2.24) is 4.90 Å². The van der Waals surface area contributed by atoms with E-state index in [0.29, 0.717) is 18.4 Å². The average molecular weight is 340 g/mol. The molecule has 2 nitrogen and oxygen atoms in total. The normalized spacial score (nSPS) is 17.6. The zero-order valence-electron chi connectivity index (χ0n) is 15.3. The van der Waals surface area contributed by atoms with Crippen molar-refractivity contribution in [2.45, 2.75) is 39.2 Å². The monoisotopic (exact) mass is 340 g/mol. The Balaban J connectivity index is 1.61. The first kappa shape index (κ1) is 18.1. The van der Waals surface area contributed by atoms with Gasteiger partial charge in [-0.25, -0.2) is 4.39 Å². The summed E-state index contributed by atoms with van der Waals surface area (Å²) in [6.07, 6.45) is 2.35. The molecule has 25 heavy (non-hydrogen) atoms. The van der Waals surface area contributed by atoms with Crippen LogP contribution in [0.25, 0.3) is 0 Å². The van der Waals surface area contributed by atoms with Gasteiger partial charge in [0.05, 0.1) is 0 Å². The van der Waals surface area contributed by atoms with Crippen molar-refractivity contribution in [1.29, 1.82) is 0 Å². The third-order valence-electron chi connectivity index (χ3n) is 5.60. The van der Waals surface area contributed by atoms with Crippen LogP contribution >= 0.6 is 0 Å². The summed E-state index contributed by atoms with van der Waals surface area (Å²) in [4.78, 5) is 2.47. The SMILES string of the molecule is Cc1ccc(C(CN)C2CCN(Cc3ccc(F)cc3)CC2)c(C)c1. The molecule has 0 amide bonds. The second-order valence-corrected chi connectivity index (χ2v) is 7.44. The quantitative estimate of drug-likeness (QED) is 0.874. The molecular weight excluding hydrogens is 311 g/mol. The molecule has 0 aliphatic carbocycles. The van der Waals surface area contributed by atoms with E-state index in [4.69, 9.17) is 5.73 Å². The van der Waals surface area contributed by atoms with Crippen molar-refractivity contribution in [3.05, 3.63) is 70.5 Å². The molecule has 3 heteroatoms. The first-order valence-corrected chi connectivity index (χ1v) is 9.31. The Labute approximate surface area is 150 Å². The molecule has 134 valence electrons. The van der Waals surface area contributed by atoms with E-state index in [1.54, 1.807) is 12.1 Å². The zero-order valence-corrected chi connectivity index (χ0v) is 15.3. The molecule has 0 aromatic heterocycles. The van der Waals surface area contributed by atoms with Crippen LogP contribution in [-0.4, -0.2) is 24.5 Å². The van der Waals surface area contributed by atoms with E-state index in [1.165, 1.54) is 35.1 Å². The highest BCUT2D eigenvalue weighted by Gasteiger charge is 2.27. The molecular formula is C22H29FN2. The lowest BCUT2D eigenvalue weighted by Gasteiger charge is -2.36. The Kier molecular flexibility index (Phi) is 5.87. The number of likely N-dealkylation sites (tertiary alicyclic amines) is 1. The van der Waals surface area contributed by atoms with Gasteiger partial charge >= 0.3 is 0 Å². The lowest BCUT2D eigenvalue weighted by molar-refractivity contribution is 0.162. The van der Waals surface area contributed by atoms with Gasteiger partial charge in [0.2, 0.25) is 0 Å². The van der Waals surface area contributed by atoms with Crippen molar-refractivity contribution in [3.63, 3.8) is 0 Å². The van der Waals surface area contributed by atoms with Crippen LogP contribution < -0.4 is 5.73 Å². The van der Waals surface area contributed by atoms with Crippen LogP contribution in [0.3, 0.4) is 0 Å². The van der Waals surface area contributed by atoms with E-state index in [1.807, 2.05) is 12.1 Å². The number of hydrogen-bond donors (Lipinski definition) is 1. The van der Waals surface area contributed by atoms with Gasteiger partial charge in [-0.3, -0.25) is 4.90 Å². The van der Waals surface area contributed by atoms with E-state index in [2.05, 4.69) is 36.9 Å². The predicted molar refractivity (Wildman–Crippen MR) is 102 cm³/mol. The molecule has 0 bridgehead atoms. The number of halogens is 1. The summed E-state index contributed by atoms with van der Waals surface area (Å²) in [7, 11) is 0. The standard InChI is InChI=1S/C22H29FN2/c1-16-3-8-21(17(2)13-16)22(14-24)19-9-11-25(12-10-19)15-18-4-6-20(23)7-5-18/h3-8,13,19,22H,9-12,14-15,24H2,1-2H3. The Morgan fingerprint density at radius 3 is 2.36 bits per heavy atom. The van der Waals surface area contributed by atoms with Gasteiger partial charge < -0.3 is 5.73 Å². The third kappa shape index (κ3) is 4.47. The predicted octanol–water partition coefficient (Wildman–Crippen LogP) is 4.40. The molecule has 0 saturated carbocycles. The number of benzene rings is 2. The minimum Gasteiger partial charge on any atom is -0.330 e. The van der Waals surface area contributed by atoms with Gasteiger partial charge in [0.1, 0.15) is 5.82 Å². The molecule has 1 atom stereocenters. The second-order valence-electron chi connectivity index (χ2n) is 7.44. The Bertz CT molecular complexity index is 688. The van der Waals surface area contributed by atoms with Crippen LogP contribution in [0.15, 0.2) is 42.5 Å². The maximum absolute atomic E-state index is 13.0. The molecule has 1 fully saturated rings. The molecule has 1 aliphatic heterocycles. The van der Waals surface area contributed by atoms with Crippen molar-refractivity contribution >= 4 is 0 Å². The van der Waals surface area contributed by atoms with Crippen LogP contribution in [0.4, 0.5) is 4.39 Å². The van der Waals surface area contributed by atoms with Crippen molar-refractivity contribution < 1.29 is 4.39 Å². The minimum atomic E-state index is -0.165. The maximum Gasteiger partial charge on any atom is 0.123 e. The first-order valence-electron chi connectivity index (χ1n) is 9.31. The van der Waals surface area contributed by atoms with Crippen molar-refractivity contribution in [3.8, 4) is 0 Å². The van der Waals surface area contributed by atoms with Crippen molar-refractivity contribution in [2.24, 2.45) is 11.7 Å². The summed E-state index contributed by atoms with van der Waals surface area (Å²) in [6.45, 7) is 8.14. The van der Waals surface area contributed by atoms with E-state index < -0.39 is 0 Å². The smallest absolute Gasteiger partial charge is 0.123 e. The highest BCUT2D eigenvalue weighted by atomic mass is 19.1. The molecule has 0 spiro atoms. The lowest BCUT2D eigenvalue weighted by atomic mass is 9.78. The number of hydrogen-bond acceptors (Lipinski definition) is 2. The highest BCUT2D eigenvalue weighted by Crippen LogP contribution is 2.34. The van der Waals surface area contributed by atoms with E-state index in [-0.39, 0.29) is 5.82 Å². The fraction of sp³-hybridized carbons (Fsp3) is 0.455. The number of aryl methyl sites for hydroxylation is 2. The van der Waals surface area contributed by atoms with Crippen LogP contribution in [0.2, 0.25) is 0 Å². The van der Waals surface area contributed by atoms with Crippen molar-refractivity contribution in [2.75, 3.05) is 19.6 Å². The number of nitrogens with two attached hydrogens (primary N) is 1. The molecule has 1 aliphatic rings. The molecule has 2 aromatic carbocycles. The third-order valence-corrected chi connectivity index (χ3v) is 5.60. The summed E-state index contributed by atoms with van der Waals surface area (Å²) in [5.74, 6) is 0.936. The van der Waals surface area contributed by atoms with Gasteiger partial charge in [0.25, 0.3) is 0 Å². The molecule has 2 N–H and O–H groups in total. The van der Waals surface area contributed by atoms with Gasteiger partial charge in [-0.2, -0.15) is 0 Å². The average Bonchev–Trinajstić information content (AvgIpc) is 2.61. The second kappa shape index (κ2) is 8.11. The van der Waals surface area contributed by atoms with E-state index in [9.17, 15) is 4.39 Å². The fourth-order valence-electron chi connectivity index (χ4n) is 4.18. The van der Waals surface area contributed by atoms with Gasteiger partial charge in [-0.1, -0.05) is 35.9 Å². The minimum absolute atomic E-state index is 0.165. The molecule has 2 aromatic rings. The Morgan fingerprint density at radius 2 is 1.76 bits per heavy atom. The first-order chi connectivity index (χ1) is 12.1. The highest BCUT2D eigenvalue weighted by molar-refractivity contribution is 5.34. The molecule has 0 radical (unpaired) electrons. The van der Waals surface area contributed by atoms with Crippen LogP contribution in [0, 0.1) is 25.6 Å². The largest absolute Gasteiger partial charge is 0.330 e. The topological polar surface area (TPSA) is 29.3 Å². The Morgan fingerprint density at radius 1 is 1.08 bits per heavy atom. The summed E-state index contributed by atoms with van der Waals surface area (Å²) in [5, 5.41) is 0. The summed E-state index contributed by atoms with van der Waals surface area (Å²) >= 11 is 0. The molecule has 1 unspecified atom stereocenters. The van der Waals surface area contributed by atoms with Gasteiger partial charge in [0, 0.05) is 6.54 Å². The zero-order chi connectivity index (χ0) is 17.8. The van der Waals surface area contributed by atoms with Gasteiger partial charge in [-0.15, -0.1) is 0 Å². The Hall–Kier alpha value is -1.71. The number of piperidine rings is 1. The summed E-state index contributed by atoms with van der Waals surface area (Å²) in [5.41, 5.74) is 11.4. The number of rotatable bonds is 5. The number of nitrogens with zero attached hydrogens (tertiary/aromatic N) is 1. The summed E-state index contributed by atoms with van der Waals surface area (Å²) in [6, 6.07) is 13.6. The van der Waals surface area contributed by atoms with Crippen LogP contribution in [-0.2, 0) is 6.54 Å². The van der Waals surface area contributed by atoms with E-state index in [0.717, 1.165) is 19.6 Å². The molecule has 1 saturated heterocycles. The van der Waals surface area contributed by atoms with Gasteiger partial charge in [-0.05, 0) is 87.0 Å².